The molecule has 1 aliphatic carbocycles. The van der Waals surface area contributed by atoms with Crippen molar-refractivity contribution in [1.82, 2.24) is 14.0 Å². The zero-order chi connectivity index (χ0) is 19.7. The van der Waals surface area contributed by atoms with Crippen LogP contribution in [0.25, 0.3) is 16.7 Å². The van der Waals surface area contributed by atoms with Crippen molar-refractivity contribution in [2.45, 2.75) is 6.54 Å². The van der Waals surface area contributed by atoms with Crippen molar-refractivity contribution in [1.29, 1.82) is 5.41 Å². The van der Waals surface area contributed by atoms with Gasteiger partial charge >= 0.3 is 0 Å². The Balaban J connectivity index is 2.05. The van der Waals surface area contributed by atoms with Gasteiger partial charge in [0, 0.05) is 6.20 Å². The van der Waals surface area contributed by atoms with Gasteiger partial charge in [-0.05, 0) is 23.8 Å². The molecule has 0 spiro atoms. The molecule has 7 heteroatoms. The van der Waals surface area contributed by atoms with Crippen LogP contribution in [0.2, 0.25) is 0 Å². The highest BCUT2D eigenvalue weighted by atomic mass is 16.1. The minimum absolute atomic E-state index is 0.0202. The Morgan fingerprint density at radius 1 is 1.14 bits per heavy atom. The second-order valence-electron chi connectivity index (χ2n) is 6.31. The van der Waals surface area contributed by atoms with Crippen molar-refractivity contribution in [3.8, 4) is 0 Å². The molecule has 4 rings (SSSR count). The zero-order valence-corrected chi connectivity index (χ0v) is 14.9. The number of fused-ring (bicyclic) bond motifs is 2. The van der Waals surface area contributed by atoms with Crippen LogP contribution in [0, 0.1) is 5.41 Å². The highest BCUT2D eigenvalue weighted by Crippen LogP contribution is 2.13. The molecule has 138 valence electrons. The molecule has 0 fully saturated rings. The number of nitrogens with two attached hydrogens (primary N) is 1. The monoisotopic (exact) mass is 371 g/mol. The number of aromatic nitrogens is 3. The molecule has 0 atom stereocenters. The van der Waals surface area contributed by atoms with Gasteiger partial charge in [-0.1, -0.05) is 48.6 Å². The van der Waals surface area contributed by atoms with Gasteiger partial charge in [-0.2, -0.15) is 0 Å². The molecule has 3 N–H and O–H groups in total. The molecule has 3 aromatic rings. The number of carbonyl (C=O) groups is 1. The number of hydrogen-bond acceptors (Lipinski definition) is 4. The molecule has 0 radical (unpaired) electrons. The average Bonchev–Trinajstić information content (AvgIpc) is 2.65. The van der Waals surface area contributed by atoms with Gasteiger partial charge in [0.15, 0.2) is 0 Å². The number of nitrogens with zero attached hydrogens (tertiary/aromatic N) is 3. The number of rotatable bonds is 3. The number of primary amides is 1. The molecule has 0 aliphatic heterocycles. The fourth-order valence-electron chi connectivity index (χ4n) is 3.12. The summed E-state index contributed by atoms with van der Waals surface area (Å²) in [6.07, 6.45) is 14.9. The SMILES string of the molecule is N=c1c(C(N)=O)cc2c(=O)n3ccccc3nc2n1CC1=C/C=C\C=C/C=C\1. The van der Waals surface area contributed by atoms with Gasteiger partial charge < -0.3 is 10.3 Å². The lowest BCUT2D eigenvalue weighted by atomic mass is 10.1. The quantitative estimate of drug-likeness (QED) is 0.686. The second kappa shape index (κ2) is 6.96. The molecule has 0 saturated carbocycles. The first-order valence-electron chi connectivity index (χ1n) is 8.66. The van der Waals surface area contributed by atoms with E-state index in [1.807, 2.05) is 42.5 Å². The summed E-state index contributed by atoms with van der Waals surface area (Å²) in [6.45, 7) is 0.264. The third-order valence-corrected chi connectivity index (χ3v) is 4.49. The van der Waals surface area contributed by atoms with Crippen LogP contribution in [0.5, 0.6) is 0 Å². The maximum absolute atomic E-state index is 13.0. The molecule has 3 aromatic heterocycles. The van der Waals surface area contributed by atoms with Crippen LogP contribution >= 0.6 is 0 Å². The molecule has 28 heavy (non-hydrogen) atoms. The maximum atomic E-state index is 13.0. The summed E-state index contributed by atoms with van der Waals surface area (Å²) in [5.74, 6) is -0.761. The fraction of sp³-hybridized carbons (Fsp3) is 0.0476. The first-order valence-corrected chi connectivity index (χ1v) is 8.66. The van der Waals surface area contributed by atoms with E-state index >= 15 is 0 Å². The van der Waals surface area contributed by atoms with E-state index in [1.54, 1.807) is 29.0 Å². The van der Waals surface area contributed by atoms with Crippen molar-refractivity contribution < 1.29 is 4.79 Å². The molecule has 0 bridgehead atoms. The molecule has 1 aliphatic rings. The number of hydrogen-bond donors (Lipinski definition) is 2. The van der Waals surface area contributed by atoms with E-state index in [1.165, 1.54) is 10.5 Å². The fourth-order valence-corrected chi connectivity index (χ4v) is 3.12. The summed E-state index contributed by atoms with van der Waals surface area (Å²) in [5, 5.41) is 8.72. The summed E-state index contributed by atoms with van der Waals surface area (Å²) in [5.41, 5.74) is 6.73. The second-order valence-corrected chi connectivity index (χ2v) is 6.31. The van der Waals surface area contributed by atoms with Crippen molar-refractivity contribution in [3.63, 3.8) is 0 Å². The number of carbonyl (C=O) groups excluding carboxylic acids is 1. The number of allylic oxidation sites excluding steroid dienone is 8. The minimum atomic E-state index is -0.761. The highest BCUT2D eigenvalue weighted by molar-refractivity contribution is 5.95. The molecule has 0 unspecified atom stereocenters. The Morgan fingerprint density at radius 2 is 1.93 bits per heavy atom. The number of nitrogens with one attached hydrogen (secondary N) is 1. The van der Waals surface area contributed by atoms with Gasteiger partial charge in [0.1, 0.15) is 16.8 Å². The van der Waals surface area contributed by atoms with E-state index < -0.39 is 5.91 Å². The molecule has 0 saturated heterocycles. The Hall–Kier alpha value is -4.00. The number of pyridine rings is 2. The van der Waals surface area contributed by atoms with E-state index in [4.69, 9.17) is 11.1 Å². The predicted molar refractivity (Wildman–Crippen MR) is 107 cm³/mol. The Morgan fingerprint density at radius 3 is 2.75 bits per heavy atom. The molecular formula is C21H17N5O2. The van der Waals surface area contributed by atoms with Crippen LogP contribution in [-0.4, -0.2) is 19.9 Å². The van der Waals surface area contributed by atoms with Crippen molar-refractivity contribution in [3.05, 3.63) is 100.0 Å². The van der Waals surface area contributed by atoms with Crippen molar-refractivity contribution >= 4 is 22.6 Å². The van der Waals surface area contributed by atoms with Crippen LogP contribution in [-0.2, 0) is 6.54 Å². The lowest BCUT2D eigenvalue weighted by Crippen LogP contribution is -2.32. The van der Waals surface area contributed by atoms with E-state index in [-0.39, 0.29) is 28.5 Å². The van der Waals surface area contributed by atoms with Crippen LogP contribution in [0.4, 0.5) is 0 Å². The molecule has 3 heterocycles. The summed E-state index contributed by atoms with van der Waals surface area (Å²) >= 11 is 0. The van der Waals surface area contributed by atoms with Gasteiger partial charge in [-0.25, -0.2) is 4.98 Å². The minimum Gasteiger partial charge on any atom is -0.365 e. The summed E-state index contributed by atoms with van der Waals surface area (Å²) < 4.78 is 2.95. The standard InChI is InChI=1S/C21H17N5O2/c22-18-15(19(23)27)12-16-20(24-17-10-6-7-11-25(17)21(16)28)26(18)13-14-8-4-2-1-3-5-9-14/h1-12,22H,13H2,(H2,23,27)/b2-1-,3-1?,4-2?,5-3-,8-4-,9-5?,14-8?,14-9+,22-18?. The summed E-state index contributed by atoms with van der Waals surface area (Å²) in [7, 11) is 0. The topological polar surface area (TPSA) is 106 Å². The number of amides is 1. The van der Waals surface area contributed by atoms with E-state index in [0.29, 0.717) is 11.3 Å². The lowest BCUT2D eigenvalue weighted by molar-refractivity contribution is 0.0998. The smallest absolute Gasteiger partial charge is 0.267 e. The van der Waals surface area contributed by atoms with Gasteiger partial charge in [0.25, 0.3) is 11.5 Å². The first-order chi connectivity index (χ1) is 13.6. The zero-order valence-electron chi connectivity index (χ0n) is 14.9. The Labute approximate surface area is 159 Å². The lowest BCUT2D eigenvalue weighted by Gasteiger charge is -2.14. The van der Waals surface area contributed by atoms with Crippen LogP contribution in [0.3, 0.4) is 0 Å². The van der Waals surface area contributed by atoms with Crippen molar-refractivity contribution in [2.75, 3.05) is 0 Å². The normalized spacial score (nSPS) is 18.8. The first kappa shape index (κ1) is 17.4. The van der Waals surface area contributed by atoms with Gasteiger partial charge in [0.05, 0.1) is 17.5 Å². The molecule has 1 amide bonds. The Bertz CT molecular complexity index is 1350. The third-order valence-electron chi connectivity index (χ3n) is 4.49. The van der Waals surface area contributed by atoms with Crippen LogP contribution in [0.1, 0.15) is 10.4 Å². The highest BCUT2D eigenvalue weighted by Gasteiger charge is 2.16. The van der Waals surface area contributed by atoms with Gasteiger partial charge in [-0.15, -0.1) is 0 Å². The largest absolute Gasteiger partial charge is 0.365 e. The van der Waals surface area contributed by atoms with E-state index in [0.717, 1.165) is 5.57 Å². The molecular weight excluding hydrogens is 354 g/mol. The summed E-state index contributed by atoms with van der Waals surface area (Å²) in [6, 6.07) is 6.60. The molecule has 7 nitrogen and oxygen atoms in total. The third kappa shape index (κ3) is 2.99. The van der Waals surface area contributed by atoms with Gasteiger partial charge in [-0.3, -0.25) is 19.4 Å². The van der Waals surface area contributed by atoms with Gasteiger partial charge in [0.2, 0.25) is 0 Å². The van der Waals surface area contributed by atoms with Crippen LogP contribution in [0.15, 0.2) is 83.4 Å². The Kier molecular flexibility index (Phi) is 4.33. The predicted octanol–water partition coefficient (Wildman–Crippen LogP) is 1.84. The van der Waals surface area contributed by atoms with E-state index in [2.05, 4.69) is 4.98 Å². The summed E-state index contributed by atoms with van der Waals surface area (Å²) in [4.78, 5) is 29.4. The van der Waals surface area contributed by atoms with Crippen molar-refractivity contribution in [2.24, 2.45) is 5.73 Å². The average molecular weight is 371 g/mol. The van der Waals surface area contributed by atoms with E-state index in [9.17, 15) is 9.59 Å². The van der Waals surface area contributed by atoms with Crippen LogP contribution < -0.4 is 16.8 Å². The molecule has 0 aromatic carbocycles. The maximum Gasteiger partial charge on any atom is 0.267 e.